The number of carbonyl (C=O) groups is 1. The van der Waals surface area contributed by atoms with Crippen LogP contribution in [0.3, 0.4) is 0 Å². The van der Waals surface area contributed by atoms with E-state index in [9.17, 15) is 4.79 Å². The highest BCUT2D eigenvalue weighted by atomic mass is 127. The lowest BCUT2D eigenvalue weighted by Crippen LogP contribution is -2.05. The largest absolute Gasteiger partial charge is 0.497 e. The number of cyclic esters (lactones) is 1. The van der Waals surface area contributed by atoms with E-state index in [0.717, 1.165) is 9.13 Å². The Morgan fingerprint density at radius 3 is 2.62 bits per heavy atom. The molecule has 0 saturated heterocycles. The summed E-state index contributed by atoms with van der Waals surface area (Å²) < 4.78 is 22.7. The van der Waals surface area contributed by atoms with E-state index in [1.165, 1.54) is 0 Å². The van der Waals surface area contributed by atoms with Crippen molar-refractivity contribution in [1.82, 2.24) is 0 Å². The molecule has 0 unspecified atom stereocenters. The third-order valence-electron chi connectivity index (χ3n) is 3.94. The van der Waals surface area contributed by atoms with Crippen LogP contribution >= 0.6 is 22.6 Å². The van der Waals surface area contributed by atoms with Crippen molar-refractivity contribution >= 4 is 40.5 Å². The van der Waals surface area contributed by atoms with Gasteiger partial charge in [0.2, 0.25) is 5.90 Å². The zero-order valence-corrected chi connectivity index (χ0v) is 18.3. The van der Waals surface area contributed by atoms with E-state index in [-0.39, 0.29) is 11.6 Å². The summed E-state index contributed by atoms with van der Waals surface area (Å²) in [6, 6.07) is 10.8. The minimum Gasteiger partial charge on any atom is -0.497 e. The lowest BCUT2D eigenvalue weighted by atomic mass is 10.1. The first kappa shape index (κ1) is 20.9. The molecule has 0 saturated carbocycles. The number of hydrogen-bond acceptors (Lipinski definition) is 6. The number of carbonyl (C=O) groups excluding carboxylic acids is 1. The normalized spacial score (nSPS) is 14.4. The summed E-state index contributed by atoms with van der Waals surface area (Å²) in [5, 5.41) is 0. The van der Waals surface area contributed by atoms with E-state index < -0.39 is 5.97 Å². The number of nitrogens with zero attached hydrogens (tertiary/aromatic N) is 1. The summed E-state index contributed by atoms with van der Waals surface area (Å²) >= 11 is 2.17. The van der Waals surface area contributed by atoms with Crippen LogP contribution in [0, 0.1) is 3.57 Å². The molecule has 3 rings (SSSR count). The van der Waals surface area contributed by atoms with Gasteiger partial charge in [0.15, 0.2) is 17.2 Å². The van der Waals surface area contributed by atoms with E-state index in [4.69, 9.17) is 18.9 Å². The van der Waals surface area contributed by atoms with Crippen LogP contribution in [0.25, 0.3) is 6.08 Å². The van der Waals surface area contributed by atoms with Gasteiger partial charge in [-0.05, 0) is 77.6 Å². The zero-order chi connectivity index (χ0) is 20.8. The maximum atomic E-state index is 12.3. The molecule has 2 aromatic rings. The second-order valence-corrected chi connectivity index (χ2v) is 7.09. The van der Waals surface area contributed by atoms with Crippen molar-refractivity contribution in [1.29, 1.82) is 0 Å². The average molecular weight is 505 g/mol. The number of rotatable bonds is 8. The Morgan fingerprint density at radius 2 is 1.97 bits per heavy atom. The highest BCUT2D eigenvalue weighted by Gasteiger charge is 2.24. The number of methoxy groups -OCH3 is 1. The van der Waals surface area contributed by atoms with Crippen molar-refractivity contribution in [2.24, 2.45) is 4.99 Å². The number of benzene rings is 2. The summed E-state index contributed by atoms with van der Waals surface area (Å²) in [5.41, 5.74) is 1.67. The molecule has 6 nitrogen and oxygen atoms in total. The summed E-state index contributed by atoms with van der Waals surface area (Å²) in [7, 11) is 1.59. The molecule has 1 aliphatic heterocycles. The number of ether oxygens (including phenoxy) is 4. The van der Waals surface area contributed by atoms with Crippen LogP contribution in [0.4, 0.5) is 0 Å². The molecule has 0 atom stereocenters. The van der Waals surface area contributed by atoms with E-state index in [0.29, 0.717) is 36.0 Å². The Labute approximate surface area is 183 Å². The van der Waals surface area contributed by atoms with E-state index in [2.05, 4.69) is 34.2 Å². The minimum atomic E-state index is -0.504. The van der Waals surface area contributed by atoms with Gasteiger partial charge in [0.05, 0.1) is 17.3 Å². The van der Waals surface area contributed by atoms with Crippen LogP contribution in [0.1, 0.15) is 18.1 Å². The molecule has 29 heavy (non-hydrogen) atoms. The quantitative estimate of drug-likeness (QED) is 0.227. The molecule has 0 radical (unpaired) electrons. The molecule has 0 spiro atoms. The fourth-order valence-electron chi connectivity index (χ4n) is 2.64. The van der Waals surface area contributed by atoms with Gasteiger partial charge in [-0.25, -0.2) is 9.79 Å². The second-order valence-electron chi connectivity index (χ2n) is 5.93. The smallest absolute Gasteiger partial charge is 0.363 e. The fourth-order valence-corrected chi connectivity index (χ4v) is 3.42. The van der Waals surface area contributed by atoms with Gasteiger partial charge < -0.3 is 18.9 Å². The van der Waals surface area contributed by atoms with Crippen LogP contribution in [-0.2, 0) is 9.53 Å². The van der Waals surface area contributed by atoms with Crippen LogP contribution in [0.15, 0.2) is 59.7 Å². The van der Waals surface area contributed by atoms with Gasteiger partial charge in [-0.3, -0.25) is 0 Å². The number of hydrogen-bond donors (Lipinski definition) is 0. The summed E-state index contributed by atoms with van der Waals surface area (Å²) in [6.45, 7) is 6.43. The Hall–Kier alpha value is -2.81. The lowest BCUT2D eigenvalue weighted by molar-refractivity contribution is -0.129. The number of halogens is 1. The zero-order valence-electron chi connectivity index (χ0n) is 16.1. The predicted molar refractivity (Wildman–Crippen MR) is 120 cm³/mol. The minimum absolute atomic E-state index is 0.217. The molecule has 150 valence electrons. The van der Waals surface area contributed by atoms with Crippen LogP contribution < -0.4 is 14.2 Å². The first-order valence-electron chi connectivity index (χ1n) is 8.92. The van der Waals surface area contributed by atoms with Crippen molar-refractivity contribution in [3.8, 4) is 17.2 Å². The standard InChI is InChI=1S/C22H20INO5/c1-4-10-28-20-17(23)11-14(13-19(20)27-5-2)12-18-22(25)29-21(24-18)15-6-8-16(26-3)9-7-15/h4,6-9,11-13H,1,5,10H2,2-3H3/b18-12+. The topological polar surface area (TPSA) is 66.3 Å². The van der Waals surface area contributed by atoms with Crippen molar-refractivity contribution < 1.29 is 23.7 Å². The monoisotopic (exact) mass is 505 g/mol. The molecule has 0 amide bonds. The molecule has 1 heterocycles. The SMILES string of the molecule is C=CCOc1c(I)cc(/C=C2/N=C(c3ccc(OC)cc3)OC2=O)cc1OCC. The Morgan fingerprint density at radius 1 is 1.21 bits per heavy atom. The van der Waals surface area contributed by atoms with Gasteiger partial charge in [-0.2, -0.15) is 0 Å². The molecule has 7 heteroatoms. The average Bonchev–Trinajstić information content (AvgIpc) is 3.08. The third kappa shape index (κ3) is 4.97. The van der Waals surface area contributed by atoms with E-state index in [1.807, 2.05) is 19.1 Å². The van der Waals surface area contributed by atoms with Gasteiger partial charge in [0.25, 0.3) is 0 Å². The van der Waals surface area contributed by atoms with E-state index >= 15 is 0 Å². The maximum absolute atomic E-state index is 12.3. The molecule has 0 bridgehead atoms. The van der Waals surface area contributed by atoms with E-state index in [1.54, 1.807) is 43.5 Å². The van der Waals surface area contributed by atoms with Gasteiger partial charge in [0.1, 0.15) is 12.4 Å². The lowest BCUT2D eigenvalue weighted by Gasteiger charge is -2.13. The van der Waals surface area contributed by atoms with Crippen LogP contribution in [0.2, 0.25) is 0 Å². The molecular formula is C22H20INO5. The number of aliphatic imine (C=N–C) groups is 1. The molecule has 0 N–H and O–H groups in total. The van der Waals surface area contributed by atoms with Crippen molar-refractivity contribution in [2.45, 2.75) is 6.92 Å². The maximum Gasteiger partial charge on any atom is 0.363 e. The first-order chi connectivity index (χ1) is 14.0. The molecule has 0 fully saturated rings. The number of esters is 1. The first-order valence-corrected chi connectivity index (χ1v) is 10.0. The summed E-state index contributed by atoms with van der Waals surface area (Å²) in [6.07, 6.45) is 3.34. The van der Waals surface area contributed by atoms with Gasteiger partial charge in [-0.1, -0.05) is 12.7 Å². The Bertz CT molecular complexity index is 979. The predicted octanol–water partition coefficient (Wildman–Crippen LogP) is 4.61. The Kier molecular flexibility index (Phi) is 6.92. The Balaban J connectivity index is 1.92. The van der Waals surface area contributed by atoms with Crippen LogP contribution in [0.5, 0.6) is 17.2 Å². The second kappa shape index (κ2) is 9.60. The molecule has 1 aliphatic rings. The van der Waals surface area contributed by atoms with Crippen molar-refractivity contribution in [3.05, 3.63) is 69.4 Å². The molecule has 2 aromatic carbocycles. The van der Waals surface area contributed by atoms with Crippen molar-refractivity contribution in [2.75, 3.05) is 20.3 Å². The highest BCUT2D eigenvalue weighted by molar-refractivity contribution is 14.1. The summed E-state index contributed by atoms with van der Waals surface area (Å²) in [4.78, 5) is 16.6. The fraction of sp³-hybridized carbons (Fsp3) is 0.182. The molecular weight excluding hydrogens is 485 g/mol. The van der Waals surface area contributed by atoms with Gasteiger partial charge in [-0.15, -0.1) is 0 Å². The van der Waals surface area contributed by atoms with Crippen molar-refractivity contribution in [3.63, 3.8) is 0 Å². The highest BCUT2D eigenvalue weighted by Crippen LogP contribution is 2.35. The third-order valence-corrected chi connectivity index (χ3v) is 4.74. The van der Waals surface area contributed by atoms with Gasteiger partial charge >= 0.3 is 5.97 Å². The van der Waals surface area contributed by atoms with Gasteiger partial charge in [0, 0.05) is 5.56 Å². The molecule has 0 aromatic heterocycles. The molecule has 0 aliphatic carbocycles. The van der Waals surface area contributed by atoms with Crippen LogP contribution in [-0.4, -0.2) is 32.2 Å². The summed E-state index contributed by atoms with van der Waals surface area (Å²) in [5.74, 6) is 1.71.